The lowest BCUT2D eigenvalue weighted by Gasteiger charge is -2.26. The highest BCUT2D eigenvalue weighted by Crippen LogP contribution is 2.35. The standard InChI is InChI=1S/C36H62N2/c1-4-7-9-10-11-12-13-14-15-16-17-18-19-20-21-23-27-33(26-22-8-5-2)34-28-24-25-29-35(34)36(6-3)38-31-30-37-32-38/h24-25,28-33,36H,4-23,26-27H2,1-3H3/t33-,36?/m0/s1. The van der Waals surface area contributed by atoms with E-state index in [9.17, 15) is 0 Å². The van der Waals surface area contributed by atoms with E-state index in [4.69, 9.17) is 0 Å². The second-order valence-electron chi connectivity index (χ2n) is 11.8. The maximum atomic E-state index is 4.34. The topological polar surface area (TPSA) is 17.8 Å². The fraction of sp³-hybridized carbons (Fsp3) is 0.750. The lowest BCUT2D eigenvalue weighted by Crippen LogP contribution is -2.13. The summed E-state index contributed by atoms with van der Waals surface area (Å²) in [5.41, 5.74) is 3.12. The zero-order valence-electron chi connectivity index (χ0n) is 25.6. The smallest absolute Gasteiger partial charge is 0.0951 e. The molecule has 2 atom stereocenters. The Morgan fingerprint density at radius 3 is 1.50 bits per heavy atom. The van der Waals surface area contributed by atoms with Gasteiger partial charge in [-0.15, -0.1) is 0 Å². The van der Waals surface area contributed by atoms with Crippen LogP contribution in [0.5, 0.6) is 0 Å². The highest BCUT2D eigenvalue weighted by atomic mass is 15.0. The van der Waals surface area contributed by atoms with E-state index in [-0.39, 0.29) is 0 Å². The molecule has 2 aromatic rings. The molecule has 0 aliphatic heterocycles. The lowest BCUT2D eigenvalue weighted by atomic mass is 9.83. The van der Waals surface area contributed by atoms with Crippen LogP contribution in [0.4, 0.5) is 0 Å². The van der Waals surface area contributed by atoms with Gasteiger partial charge in [-0.3, -0.25) is 0 Å². The first-order valence-electron chi connectivity index (χ1n) is 16.9. The summed E-state index contributed by atoms with van der Waals surface area (Å²) in [6, 6.07) is 9.70. The second kappa shape index (κ2) is 22.3. The number of hydrogen-bond donors (Lipinski definition) is 0. The van der Waals surface area contributed by atoms with E-state index in [1.807, 2.05) is 12.5 Å². The molecule has 0 radical (unpaired) electrons. The van der Waals surface area contributed by atoms with E-state index in [1.165, 1.54) is 140 Å². The monoisotopic (exact) mass is 522 g/mol. The molecule has 1 heterocycles. The van der Waals surface area contributed by atoms with E-state index < -0.39 is 0 Å². The zero-order chi connectivity index (χ0) is 27.1. The van der Waals surface area contributed by atoms with Crippen LogP contribution in [0.25, 0.3) is 0 Å². The van der Waals surface area contributed by atoms with Gasteiger partial charge in [0.25, 0.3) is 0 Å². The van der Waals surface area contributed by atoms with E-state index >= 15 is 0 Å². The van der Waals surface area contributed by atoms with Gasteiger partial charge in [-0.2, -0.15) is 0 Å². The highest BCUT2D eigenvalue weighted by Gasteiger charge is 2.20. The normalized spacial score (nSPS) is 13.1. The second-order valence-corrected chi connectivity index (χ2v) is 11.8. The molecule has 2 rings (SSSR count). The Morgan fingerprint density at radius 1 is 0.579 bits per heavy atom. The van der Waals surface area contributed by atoms with Crippen molar-refractivity contribution in [1.82, 2.24) is 9.55 Å². The molecule has 0 bridgehead atoms. The number of rotatable bonds is 25. The zero-order valence-corrected chi connectivity index (χ0v) is 25.6. The van der Waals surface area contributed by atoms with Crippen molar-refractivity contribution in [2.24, 2.45) is 0 Å². The quantitative estimate of drug-likeness (QED) is 0.119. The SMILES string of the molecule is CCCCCCCCCCCCCCCCCC[C@H](CCCCC)c1ccccc1C(CC)n1ccnc1. The van der Waals surface area contributed by atoms with E-state index in [0.29, 0.717) is 12.0 Å². The molecule has 2 heteroatoms. The van der Waals surface area contributed by atoms with Gasteiger partial charge in [0.15, 0.2) is 0 Å². The van der Waals surface area contributed by atoms with Gasteiger partial charge in [0.05, 0.1) is 12.4 Å². The third-order valence-electron chi connectivity index (χ3n) is 8.63. The molecular formula is C36H62N2. The molecule has 0 amide bonds. The van der Waals surface area contributed by atoms with Crippen LogP contribution < -0.4 is 0 Å². The summed E-state index contributed by atoms with van der Waals surface area (Å²) in [5.74, 6) is 0.696. The third kappa shape index (κ3) is 13.5. The van der Waals surface area contributed by atoms with E-state index in [1.54, 1.807) is 5.56 Å². The Kier molecular flexibility index (Phi) is 19.1. The average Bonchev–Trinajstić information content (AvgIpc) is 3.47. The Labute approximate surface area is 237 Å². The van der Waals surface area contributed by atoms with Crippen LogP contribution >= 0.6 is 0 Å². The van der Waals surface area contributed by atoms with Crippen molar-refractivity contribution in [2.75, 3.05) is 0 Å². The minimum absolute atomic E-state index is 0.396. The minimum Gasteiger partial charge on any atom is -0.330 e. The van der Waals surface area contributed by atoms with Gasteiger partial charge in [0.1, 0.15) is 0 Å². The molecule has 0 N–H and O–H groups in total. The number of imidazole rings is 1. The largest absolute Gasteiger partial charge is 0.330 e. The highest BCUT2D eigenvalue weighted by molar-refractivity contribution is 5.33. The summed E-state index contributed by atoms with van der Waals surface area (Å²) in [7, 11) is 0. The maximum absolute atomic E-state index is 4.34. The van der Waals surface area contributed by atoms with Crippen molar-refractivity contribution < 1.29 is 0 Å². The van der Waals surface area contributed by atoms with Crippen molar-refractivity contribution in [3.8, 4) is 0 Å². The molecule has 38 heavy (non-hydrogen) atoms. The van der Waals surface area contributed by atoms with Crippen LogP contribution in [-0.4, -0.2) is 9.55 Å². The fourth-order valence-corrected chi connectivity index (χ4v) is 6.27. The first-order valence-corrected chi connectivity index (χ1v) is 16.9. The first kappa shape index (κ1) is 32.6. The fourth-order valence-electron chi connectivity index (χ4n) is 6.27. The molecule has 0 saturated heterocycles. The van der Waals surface area contributed by atoms with Gasteiger partial charge in [-0.05, 0) is 36.3 Å². The van der Waals surface area contributed by atoms with Crippen molar-refractivity contribution in [3.63, 3.8) is 0 Å². The summed E-state index contributed by atoms with van der Waals surface area (Å²) in [6.45, 7) is 6.94. The summed E-state index contributed by atoms with van der Waals surface area (Å²) in [6.07, 6.45) is 36.9. The van der Waals surface area contributed by atoms with Crippen LogP contribution in [0.3, 0.4) is 0 Å². The number of benzene rings is 1. The van der Waals surface area contributed by atoms with Crippen LogP contribution in [0.1, 0.15) is 185 Å². The van der Waals surface area contributed by atoms with Gasteiger partial charge < -0.3 is 4.57 Å². The lowest BCUT2D eigenvalue weighted by molar-refractivity contribution is 0.479. The van der Waals surface area contributed by atoms with Gasteiger partial charge in [0, 0.05) is 12.4 Å². The van der Waals surface area contributed by atoms with Crippen molar-refractivity contribution >= 4 is 0 Å². The average molecular weight is 523 g/mol. The Hall–Kier alpha value is -1.57. The number of hydrogen-bond acceptors (Lipinski definition) is 1. The summed E-state index contributed by atoms with van der Waals surface area (Å²) in [5, 5.41) is 0. The van der Waals surface area contributed by atoms with Gasteiger partial charge in [-0.1, -0.05) is 167 Å². The van der Waals surface area contributed by atoms with Crippen molar-refractivity contribution in [1.29, 1.82) is 0 Å². The molecule has 0 spiro atoms. The van der Waals surface area contributed by atoms with Crippen molar-refractivity contribution in [2.45, 2.75) is 174 Å². The predicted molar refractivity (Wildman–Crippen MR) is 168 cm³/mol. The van der Waals surface area contributed by atoms with Crippen LogP contribution in [0.2, 0.25) is 0 Å². The summed E-state index contributed by atoms with van der Waals surface area (Å²) < 4.78 is 2.30. The molecular weight excluding hydrogens is 460 g/mol. The maximum Gasteiger partial charge on any atom is 0.0951 e. The van der Waals surface area contributed by atoms with Gasteiger partial charge in [0.2, 0.25) is 0 Å². The van der Waals surface area contributed by atoms with E-state index in [2.05, 4.69) is 60.8 Å². The molecule has 1 aromatic heterocycles. The van der Waals surface area contributed by atoms with Crippen LogP contribution in [0.15, 0.2) is 43.0 Å². The summed E-state index contributed by atoms with van der Waals surface area (Å²) in [4.78, 5) is 4.34. The summed E-state index contributed by atoms with van der Waals surface area (Å²) >= 11 is 0. The molecule has 0 aliphatic rings. The van der Waals surface area contributed by atoms with Gasteiger partial charge in [-0.25, -0.2) is 4.98 Å². The molecule has 1 aromatic carbocycles. The van der Waals surface area contributed by atoms with E-state index in [0.717, 1.165) is 6.42 Å². The predicted octanol–water partition coefficient (Wildman–Crippen LogP) is 12.2. The number of unbranched alkanes of at least 4 members (excludes halogenated alkanes) is 17. The minimum atomic E-state index is 0.396. The number of nitrogens with zero attached hydrogens (tertiary/aromatic N) is 2. The molecule has 216 valence electrons. The molecule has 0 aliphatic carbocycles. The first-order chi connectivity index (χ1) is 18.8. The van der Waals surface area contributed by atoms with Crippen LogP contribution in [-0.2, 0) is 0 Å². The Balaban J connectivity index is 1.67. The molecule has 0 fully saturated rings. The van der Waals surface area contributed by atoms with Crippen LogP contribution in [0, 0.1) is 0 Å². The molecule has 1 unspecified atom stereocenters. The van der Waals surface area contributed by atoms with Gasteiger partial charge >= 0.3 is 0 Å². The third-order valence-corrected chi connectivity index (χ3v) is 8.63. The number of aromatic nitrogens is 2. The Morgan fingerprint density at radius 2 is 1.03 bits per heavy atom. The Bertz CT molecular complexity index is 765. The van der Waals surface area contributed by atoms with Crippen molar-refractivity contribution in [3.05, 3.63) is 54.1 Å². The molecule has 0 saturated carbocycles. The molecule has 2 nitrogen and oxygen atoms in total.